The van der Waals surface area contributed by atoms with Crippen LogP contribution in [0.25, 0.3) is 0 Å². The van der Waals surface area contributed by atoms with Crippen molar-refractivity contribution in [3.8, 4) is 0 Å². The van der Waals surface area contributed by atoms with E-state index in [1.165, 1.54) is 18.2 Å². The number of para-hydroxylation sites is 1. The highest BCUT2D eigenvalue weighted by atomic mass is 127. The van der Waals surface area contributed by atoms with E-state index in [9.17, 15) is 8.78 Å². The van der Waals surface area contributed by atoms with Crippen molar-refractivity contribution in [1.29, 1.82) is 0 Å². The Labute approximate surface area is 183 Å². The Bertz CT molecular complexity index is 654. The van der Waals surface area contributed by atoms with Crippen LogP contribution in [0.4, 0.5) is 14.5 Å². The van der Waals surface area contributed by atoms with Crippen LogP contribution in [0.1, 0.15) is 6.42 Å². The molecule has 2 N–H and O–H groups in total. The molecule has 0 aromatic heterocycles. The Balaban J connectivity index is 0.00000280. The van der Waals surface area contributed by atoms with Gasteiger partial charge in [0.05, 0.1) is 0 Å². The molecule has 2 saturated heterocycles. The van der Waals surface area contributed by atoms with E-state index in [1.54, 1.807) is 11.9 Å². The lowest BCUT2D eigenvalue weighted by molar-refractivity contribution is 0.116. The van der Waals surface area contributed by atoms with Crippen molar-refractivity contribution in [2.24, 2.45) is 4.99 Å². The smallest absolute Gasteiger partial charge is 0.191 e. The number of anilines is 1. The first-order valence-corrected chi connectivity index (χ1v) is 9.53. The zero-order valence-corrected chi connectivity index (χ0v) is 19.1. The zero-order valence-electron chi connectivity index (χ0n) is 16.8. The fourth-order valence-corrected chi connectivity index (χ4v) is 3.80. The highest BCUT2D eigenvalue weighted by molar-refractivity contribution is 14.0. The third kappa shape index (κ3) is 5.66. The maximum atomic E-state index is 14.0. The van der Waals surface area contributed by atoms with Gasteiger partial charge in [0.25, 0.3) is 0 Å². The molecule has 2 heterocycles. The van der Waals surface area contributed by atoms with Crippen molar-refractivity contribution in [2.75, 3.05) is 65.3 Å². The summed E-state index contributed by atoms with van der Waals surface area (Å²) in [5.41, 5.74) is 0.0663. The number of hydrogen-bond acceptors (Lipinski definition) is 4. The van der Waals surface area contributed by atoms with E-state index in [0.717, 1.165) is 38.6 Å². The first kappa shape index (κ1) is 23.1. The van der Waals surface area contributed by atoms with Crippen LogP contribution in [0, 0.1) is 11.6 Å². The molecule has 0 spiro atoms. The Kier molecular flexibility index (Phi) is 8.69. The van der Waals surface area contributed by atoms with Gasteiger partial charge in [0, 0.05) is 58.4 Å². The van der Waals surface area contributed by atoms with Crippen molar-refractivity contribution in [3.63, 3.8) is 0 Å². The first-order valence-electron chi connectivity index (χ1n) is 9.53. The monoisotopic (exact) mass is 508 g/mol. The number of piperazine rings is 1. The van der Waals surface area contributed by atoms with Gasteiger partial charge in [-0.25, -0.2) is 8.78 Å². The lowest BCUT2D eigenvalue weighted by atomic mass is 10.2. The van der Waals surface area contributed by atoms with Gasteiger partial charge < -0.3 is 20.4 Å². The Hall–Kier alpha value is -1.20. The highest BCUT2D eigenvalue weighted by Crippen LogP contribution is 2.26. The average Bonchev–Trinajstić information content (AvgIpc) is 3.09. The minimum Gasteiger partial charge on any atom is -0.365 e. The molecule has 158 valence electrons. The summed E-state index contributed by atoms with van der Waals surface area (Å²) in [6.07, 6.45) is 0.806. The third-order valence-corrected chi connectivity index (χ3v) is 5.49. The van der Waals surface area contributed by atoms with E-state index in [4.69, 9.17) is 0 Å². The standard InChI is InChI=1S/C19H30F2N6.HI/c1-22-19(23-11-15-13-25(2)9-10-26(15)3)24-14-7-8-27(12-14)18-16(20)5-4-6-17(18)21;/h4-6,14-15H,7-13H2,1-3H3,(H2,22,23,24);1H. The van der Waals surface area contributed by atoms with E-state index < -0.39 is 11.6 Å². The second kappa shape index (κ2) is 10.5. The largest absolute Gasteiger partial charge is 0.365 e. The van der Waals surface area contributed by atoms with Gasteiger partial charge >= 0.3 is 0 Å². The summed E-state index contributed by atoms with van der Waals surface area (Å²) in [6, 6.07) is 4.52. The molecule has 2 atom stereocenters. The van der Waals surface area contributed by atoms with Crippen LogP contribution in [0.2, 0.25) is 0 Å². The first-order chi connectivity index (χ1) is 13.0. The van der Waals surface area contributed by atoms with Gasteiger partial charge in [-0.15, -0.1) is 24.0 Å². The van der Waals surface area contributed by atoms with Crippen LogP contribution in [0.15, 0.2) is 23.2 Å². The fourth-order valence-electron chi connectivity index (χ4n) is 3.80. The Morgan fingerprint density at radius 2 is 1.86 bits per heavy atom. The maximum absolute atomic E-state index is 14.0. The normalized spacial score (nSPS) is 24.2. The highest BCUT2D eigenvalue weighted by Gasteiger charge is 2.28. The van der Waals surface area contributed by atoms with Crippen LogP contribution in [-0.2, 0) is 0 Å². The summed E-state index contributed by atoms with van der Waals surface area (Å²) >= 11 is 0. The lowest BCUT2D eigenvalue weighted by Gasteiger charge is -2.38. The topological polar surface area (TPSA) is 46.1 Å². The third-order valence-electron chi connectivity index (χ3n) is 5.49. The Morgan fingerprint density at radius 3 is 2.54 bits per heavy atom. The fraction of sp³-hybridized carbons (Fsp3) is 0.632. The lowest BCUT2D eigenvalue weighted by Crippen LogP contribution is -2.56. The summed E-state index contributed by atoms with van der Waals surface area (Å²) in [5.74, 6) is -0.289. The van der Waals surface area contributed by atoms with E-state index in [2.05, 4.69) is 39.5 Å². The van der Waals surface area contributed by atoms with Crippen molar-refractivity contribution >= 4 is 35.6 Å². The molecule has 2 fully saturated rings. The molecule has 3 rings (SSSR count). The van der Waals surface area contributed by atoms with Gasteiger partial charge in [0.1, 0.15) is 17.3 Å². The quantitative estimate of drug-likeness (QED) is 0.368. The van der Waals surface area contributed by atoms with Gasteiger partial charge in [-0.3, -0.25) is 9.89 Å². The summed E-state index contributed by atoms with van der Waals surface area (Å²) < 4.78 is 28.0. The number of nitrogens with zero attached hydrogens (tertiary/aromatic N) is 4. The predicted octanol–water partition coefficient (Wildman–Crippen LogP) is 1.57. The number of hydrogen-bond donors (Lipinski definition) is 2. The molecule has 0 bridgehead atoms. The van der Waals surface area contributed by atoms with Gasteiger partial charge in [-0.1, -0.05) is 6.07 Å². The molecule has 1 aromatic rings. The van der Waals surface area contributed by atoms with E-state index in [-0.39, 0.29) is 35.7 Å². The molecular formula is C19H31F2IN6. The van der Waals surface area contributed by atoms with Crippen molar-refractivity contribution in [1.82, 2.24) is 20.4 Å². The molecule has 0 amide bonds. The minimum absolute atomic E-state index is 0. The van der Waals surface area contributed by atoms with Gasteiger partial charge in [0.15, 0.2) is 5.96 Å². The van der Waals surface area contributed by atoms with Crippen molar-refractivity contribution in [2.45, 2.75) is 18.5 Å². The molecule has 2 unspecified atom stereocenters. The molecule has 6 nitrogen and oxygen atoms in total. The van der Waals surface area contributed by atoms with Gasteiger partial charge in [-0.05, 0) is 32.6 Å². The van der Waals surface area contributed by atoms with Crippen LogP contribution >= 0.6 is 24.0 Å². The summed E-state index contributed by atoms with van der Waals surface area (Å²) in [7, 11) is 6.03. The number of rotatable bonds is 4. The van der Waals surface area contributed by atoms with E-state index >= 15 is 0 Å². The molecule has 2 aliphatic heterocycles. The van der Waals surface area contributed by atoms with Gasteiger partial charge in [0.2, 0.25) is 0 Å². The second-order valence-corrected chi connectivity index (χ2v) is 7.50. The van der Waals surface area contributed by atoms with Crippen LogP contribution in [0.5, 0.6) is 0 Å². The van der Waals surface area contributed by atoms with Crippen LogP contribution in [-0.4, -0.2) is 88.3 Å². The predicted molar refractivity (Wildman–Crippen MR) is 121 cm³/mol. The van der Waals surface area contributed by atoms with E-state index in [0.29, 0.717) is 19.1 Å². The zero-order chi connectivity index (χ0) is 19.4. The molecule has 0 saturated carbocycles. The van der Waals surface area contributed by atoms with Gasteiger partial charge in [-0.2, -0.15) is 0 Å². The summed E-state index contributed by atoms with van der Waals surface area (Å²) in [4.78, 5) is 10.8. The number of likely N-dealkylation sites (N-methyl/N-ethyl adjacent to an activating group) is 2. The van der Waals surface area contributed by atoms with Crippen LogP contribution in [0.3, 0.4) is 0 Å². The van der Waals surface area contributed by atoms with E-state index in [1.807, 2.05) is 0 Å². The number of nitrogens with one attached hydrogen (secondary N) is 2. The molecule has 0 radical (unpaired) electrons. The number of guanidine groups is 1. The summed E-state index contributed by atoms with van der Waals surface area (Å²) in [5, 5.41) is 6.79. The van der Waals surface area contributed by atoms with Crippen LogP contribution < -0.4 is 15.5 Å². The number of halogens is 3. The number of aliphatic imine (C=N–C) groups is 1. The molecule has 28 heavy (non-hydrogen) atoms. The SMILES string of the molecule is CN=C(NCC1CN(C)CCN1C)NC1CCN(c2c(F)cccc2F)C1.I. The molecule has 0 aliphatic carbocycles. The molecule has 2 aliphatic rings. The maximum Gasteiger partial charge on any atom is 0.191 e. The van der Waals surface area contributed by atoms with Crippen molar-refractivity contribution in [3.05, 3.63) is 29.8 Å². The molecular weight excluding hydrogens is 477 g/mol. The Morgan fingerprint density at radius 1 is 1.14 bits per heavy atom. The molecule has 9 heteroatoms. The van der Waals surface area contributed by atoms with Crippen molar-refractivity contribution < 1.29 is 8.78 Å². The second-order valence-electron chi connectivity index (χ2n) is 7.50. The molecule has 1 aromatic carbocycles. The summed E-state index contributed by atoms with van der Waals surface area (Å²) in [6.45, 7) is 5.13. The average molecular weight is 508 g/mol. The minimum atomic E-state index is -0.511. The number of benzene rings is 1.